The number of nitrogens with one attached hydrogen (secondary N) is 2. The van der Waals surface area contributed by atoms with Crippen LogP contribution in [0.25, 0.3) is 0 Å². The highest BCUT2D eigenvalue weighted by molar-refractivity contribution is 7.89. The summed E-state index contributed by atoms with van der Waals surface area (Å²) in [5, 5.41) is 6.24. The van der Waals surface area contributed by atoms with E-state index < -0.39 is 16.1 Å². The first kappa shape index (κ1) is 20.5. The van der Waals surface area contributed by atoms with Gasteiger partial charge in [0.15, 0.2) is 0 Å². The number of hydrogen-bond donors (Lipinski definition) is 2. The van der Waals surface area contributed by atoms with Crippen LogP contribution in [0.4, 0.5) is 5.69 Å². The topological polar surface area (TPSA) is 78.5 Å². The smallest absolute Gasteiger partial charge is 0.242 e. The fraction of sp³-hybridized carbons (Fsp3) is 0.381. The Bertz CT molecular complexity index is 957. The molecule has 0 spiro atoms. The molecule has 2 aromatic carbocycles. The molecule has 0 bridgehead atoms. The van der Waals surface area contributed by atoms with E-state index in [2.05, 4.69) is 22.8 Å². The summed E-state index contributed by atoms with van der Waals surface area (Å²) in [4.78, 5) is 12.8. The summed E-state index contributed by atoms with van der Waals surface area (Å²) >= 11 is 0. The van der Waals surface area contributed by atoms with Crippen LogP contribution >= 0.6 is 0 Å². The van der Waals surface area contributed by atoms with Crippen LogP contribution in [0, 0.1) is 0 Å². The van der Waals surface area contributed by atoms with Crippen LogP contribution in [-0.4, -0.2) is 38.8 Å². The number of anilines is 1. The predicted molar refractivity (Wildman–Crippen MR) is 111 cm³/mol. The van der Waals surface area contributed by atoms with Crippen LogP contribution < -0.4 is 10.6 Å². The molecule has 0 heterocycles. The minimum Gasteiger partial charge on any atom is -0.325 e. The zero-order valence-corrected chi connectivity index (χ0v) is 17.3. The molecule has 7 heteroatoms. The van der Waals surface area contributed by atoms with Gasteiger partial charge in [0.25, 0.3) is 0 Å². The van der Waals surface area contributed by atoms with Gasteiger partial charge in [0, 0.05) is 25.8 Å². The molecule has 1 aliphatic rings. The third kappa shape index (κ3) is 4.43. The summed E-state index contributed by atoms with van der Waals surface area (Å²) in [5.74, 6) is -0.192. The summed E-state index contributed by atoms with van der Waals surface area (Å²) < 4.78 is 25.7. The van der Waals surface area contributed by atoms with Gasteiger partial charge in [0.05, 0.1) is 10.9 Å². The van der Waals surface area contributed by atoms with Gasteiger partial charge in [-0.1, -0.05) is 30.3 Å². The van der Waals surface area contributed by atoms with Crippen LogP contribution in [0.5, 0.6) is 0 Å². The van der Waals surface area contributed by atoms with Crippen LogP contribution in [-0.2, 0) is 21.2 Å². The second kappa shape index (κ2) is 8.43. The van der Waals surface area contributed by atoms with Gasteiger partial charge in [0.2, 0.25) is 15.9 Å². The average molecular weight is 402 g/mol. The molecule has 2 N–H and O–H groups in total. The van der Waals surface area contributed by atoms with Gasteiger partial charge in [-0.15, -0.1) is 0 Å². The van der Waals surface area contributed by atoms with Crippen molar-refractivity contribution in [2.24, 2.45) is 0 Å². The van der Waals surface area contributed by atoms with Gasteiger partial charge in [0.1, 0.15) is 0 Å². The van der Waals surface area contributed by atoms with E-state index in [0.29, 0.717) is 5.69 Å². The van der Waals surface area contributed by atoms with E-state index in [1.165, 1.54) is 37.4 Å². The average Bonchev–Trinajstić information content (AvgIpc) is 2.68. The molecular weight excluding hydrogens is 374 g/mol. The lowest BCUT2D eigenvalue weighted by Crippen LogP contribution is -2.41. The molecule has 28 heavy (non-hydrogen) atoms. The van der Waals surface area contributed by atoms with Crippen molar-refractivity contribution < 1.29 is 13.2 Å². The fourth-order valence-corrected chi connectivity index (χ4v) is 4.45. The Balaban J connectivity index is 1.69. The lowest BCUT2D eigenvalue weighted by Gasteiger charge is -2.29. The number of rotatable bonds is 6. The highest BCUT2D eigenvalue weighted by Crippen LogP contribution is 2.29. The zero-order chi connectivity index (χ0) is 20.3. The molecule has 1 amide bonds. The molecule has 3 rings (SSSR count). The quantitative estimate of drug-likeness (QED) is 0.780. The first-order valence-corrected chi connectivity index (χ1v) is 10.9. The van der Waals surface area contributed by atoms with Crippen molar-refractivity contribution >= 4 is 21.6 Å². The largest absolute Gasteiger partial charge is 0.325 e. The van der Waals surface area contributed by atoms with E-state index in [1.54, 1.807) is 12.1 Å². The number of fused-ring (bicyclic) bond motifs is 1. The number of hydrogen-bond acceptors (Lipinski definition) is 4. The molecule has 150 valence electrons. The van der Waals surface area contributed by atoms with Crippen molar-refractivity contribution in [3.8, 4) is 0 Å². The molecule has 0 aromatic heterocycles. The summed E-state index contributed by atoms with van der Waals surface area (Å²) in [6, 6.07) is 14.4. The Morgan fingerprint density at radius 1 is 1.14 bits per heavy atom. The molecule has 0 fully saturated rings. The highest BCUT2D eigenvalue weighted by Gasteiger charge is 2.24. The van der Waals surface area contributed by atoms with E-state index in [0.717, 1.165) is 23.6 Å². The number of amides is 1. The second-order valence-electron chi connectivity index (χ2n) is 7.34. The predicted octanol–water partition coefficient (Wildman–Crippen LogP) is 2.93. The monoisotopic (exact) mass is 401 g/mol. The first-order chi connectivity index (χ1) is 13.3. The highest BCUT2D eigenvalue weighted by atomic mass is 32.2. The molecule has 2 aromatic rings. The van der Waals surface area contributed by atoms with Gasteiger partial charge >= 0.3 is 0 Å². The number of carbonyl (C=O) groups excluding carboxylic acids is 1. The maximum absolute atomic E-state index is 12.7. The van der Waals surface area contributed by atoms with E-state index in [1.807, 2.05) is 19.1 Å². The number of nitrogens with zero attached hydrogens (tertiary/aromatic N) is 1. The van der Waals surface area contributed by atoms with Crippen LogP contribution in [0.15, 0.2) is 53.4 Å². The van der Waals surface area contributed by atoms with Gasteiger partial charge in [-0.2, -0.15) is 0 Å². The molecule has 2 atom stereocenters. The van der Waals surface area contributed by atoms with Crippen LogP contribution in [0.3, 0.4) is 0 Å². The van der Waals surface area contributed by atoms with Crippen molar-refractivity contribution in [2.45, 2.75) is 43.2 Å². The van der Waals surface area contributed by atoms with Crippen molar-refractivity contribution in [1.29, 1.82) is 0 Å². The Labute approximate surface area is 167 Å². The summed E-state index contributed by atoms with van der Waals surface area (Å²) in [6.07, 6.45) is 3.15. The van der Waals surface area contributed by atoms with E-state index in [9.17, 15) is 13.2 Å². The van der Waals surface area contributed by atoms with Crippen molar-refractivity contribution in [1.82, 2.24) is 9.62 Å². The Hall–Kier alpha value is -2.22. The van der Waals surface area contributed by atoms with Crippen LogP contribution in [0.1, 0.15) is 36.9 Å². The first-order valence-electron chi connectivity index (χ1n) is 9.46. The lowest BCUT2D eigenvalue weighted by molar-refractivity contribution is -0.118. The summed E-state index contributed by atoms with van der Waals surface area (Å²) in [5.41, 5.74) is 3.05. The molecule has 0 radical (unpaired) electrons. The number of sulfonamides is 1. The molecule has 0 saturated heterocycles. The van der Waals surface area contributed by atoms with Gasteiger partial charge in [-0.05, 0) is 55.5 Å². The fourth-order valence-electron chi connectivity index (χ4n) is 3.50. The minimum atomic E-state index is -3.55. The van der Waals surface area contributed by atoms with Gasteiger partial charge in [-0.3, -0.25) is 10.1 Å². The van der Waals surface area contributed by atoms with E-state index in [-0.39, 0.29) is 16.8 Å². The Morgan fingerprint density at radius 3 is 2.64 bits per heavy atom. The van der Waals surface area contributed by atoms with Crippen molar-refractivity contribution in [2.75, 3.05) is 19.4 Å². The molecule has 6 nitrogen and oxygen atoms in total. The summed E-state index contributed by atoms with van der Waals surface area (Å²) in [7, 11) is -0.584. The Kier molecular flexibility index (Phi) is 6.17. The third-order valence-electron chi connectivity index (χ3n) is 5.09. The number of carbonyl (C=O) groups is 1. The zero-order valence-electron chi connectivity index (χ0n) is 16.5. The third-order valence-corrected chi connectivity index (χ3v) is 6.91. The maximum atomic E-state index is 12.7. The van der Waals surface area contributed by atoms with Gasteiger partial charge in [-0.25, -0.2) is 12.7 Å². The van der Waals surface area contributed by atoms with Crippen molar-refractivity contribution in [3.63, 3.8) is 0 Å². The summed E-state index contributed by atoms with van der Waals surface area (Å²) in [6.45, 7) is 1.83. The molecular formula is C21H27N3O3S. The molecule has 0 saturated carbocycles. The second-order valence-corrected chi connectivity index (χ2v) is 9.49. The Morgan fingerprint density at radius 2 is 1.89 bits per heavy atom. The normalized spacial score (nSPS) is 17.8. The lowest BCUT2D eigenvalue weighted by atomic mass is 9.87. The number of aryl methyl sites for hydroxylation is 1. The van der Waals surface area contributed by atoms with E-state index >= 15 is 0 Å². The van der Waals surface area contributed by atoms with Crippen molar-refractivity contribution in [3.05, 3.63) is 59.7 Å². The molecule has 0 unspecified atom stereocenters. The van der Waals surface area contributed by atoms with E-state index in [4.69, 9.17) is 0 Å². The minimum absolute atomic E-state index is 0.145. The molecule has 0 aliphatic heterocycles. The SMILES string of the molecule is C[C@@H](N[C@@H]1CCCc2ccccc21)C(=O)Nc1cccc(S(=O)(=O)N(C)C)c1. The maximum Gasteiger partial charge on any atom is 0.242 e. The standard InChI is InChI=1S/C21H27N3O3S/c1-15(22-20-13-6-9-16-8-4-5-12-19(16)20)21(25)23-17-10-7-11-18(14-17)28(26,27)24(2)3/h4-5,7-8,10-12,14-15,20,22H,6,9,13H2,1-3H3,(H,23,25)/t15-,20-/m1/s1. The number of benzene rings is 2. The molecule has 1 aliphatic carbocycles. The van der Waals surface area contributed by atoms with Gasteiger partial charge < -0.3 is 5.32 Å². The van der Waals surface area contributed by atoms with Crippen LogP contribution in [0.2, 0.25) is 0 Å².